The van der Waals surface area contributed by atoms with Gasteiger partial charge in [0.15, 0.2) is 0 Å². The molecule has 0 unspecified atom stereocenters. The molecule has 0 aliphatic heterocycles. The number of ether oxygens (including phenoxy) is 1. The van der Waals surface area contributed by atoms with Crippen LogP contribution in [0.5, 0.6) is 5.75 Å². The van der Waals surface area contributed by atoms with Crippen LogP contribution in [0.4, 0.5) is 0 Å². The van der Waals surface area contributed by atoms with Crippen LogP contribution in [0.2, 0.25) is 0 Å². The van der Waals surface area contributed by atoms with Crippen LogP contribution in [0.3, 0.4) is 0 Å². The summed E-state index contributed by atoms with van der Waals surface area (Å²) in [5, 5.41) is 9.87. The highest BCUT2D eigenvalue weighted by molar-refractivity contribution is 9.10. The number of aromatic nitrogens is 2. The molecule has 0 aliphatic rings. The first-order chi connectivity index (χ1) is 14.0. The summed E-state index contributed by atoms with van der Waals surface area (Å²) in [4.78, 5) is 15.4. The highest BCUT2D eigenvalue weighted by Gasteiger charge is 2.12. The van der Waals surface area contributed by atoms with Crippen molar-refractivity contribution >= 4 is 32.8 Å². The van der Waals surface area contributed by atoms with Crippen molar-refractivity contribution in [3.8, 4) is 17.2 Å². The Bertz CT molecular complexity index is 1160. The molecule has 4 aromatic rings. The number of rotatable bonds is 7. The quantitative estimate of drug-likeness (QED) is 0.403. The first kappa shape index (κ1) is 19.3. The first-order valence-corrected chi connectivity index (χ1v) is 9.94. The summed E-state index contributed by atoms with van der Waals surface area (Å²) < 4.78 is 14.6. The van der Waals surface area contributed by atoms with E-state index in [0.29, 0.717) is 19.0 Å². The Kier molecular flexibility index (Phi) is 5.40. The van der Waals surface area contributed by atoms with Crippen LogP contribution in [0.15, 0.2) is 63.6 Å². The van der Waals surface area contributed by atoms with E-state index < -0.39 is 5.97 Å². The number of fused-ring (bicyclic) bond motifs is 1. The molecule has 0 atom stereocenters. The van der Waals surface area contributed by atoms with Gasteiger partial charge in [-0.25, -0.2) is 4.98 Å². The smallest absolute Gasteiger partial charge is 0.305 e. The minimum absolute atomic E-state index is 0.0914. The highest BCUT2D eigenvalue weighted by atomic mass is 79.9. The van der Waals surface area contributed by atoms with Crippen molar-refractivity contribution in [1.29, 1.82) is 0 Å². The number of aliphatic carboxylic acids is 1. The molecule has 0 amide bonds. The predicted octanol–water partition coefficient (Wildman–Crippen LogP) is 5.42. The van der Waals surface area contributed by atoms with Gasteiger partial charge in [-0.15, -0.1) is 0 Å². The molecule has 0 saturated heterocycles. The number of nitrogens with zero attached hydrogens (tertiary/aromatic N) is 2. The van der Waals surface area contributed by atoms with Gasteiger partial charge in [-0.05, 0) is 55.5 Å². The minimum Gasteiger partial charge on any atom is -0.487 e. The van der Waals surface area contributed by atoms with Gasteiger partial charge in [0.25, 0.3) is 0 Å². The Labute approximate surface area is 175 Å². The second-order valence-corrected chi connectivity index (χ2v) is 7.61. The number of aryl methyl sites for hydroxylation is 2. The van der Waals surface area contributed by atoms with Gasteiger partial charge >= 0.3 is 5.97 Å². The maximum atomic E-state index is 10.8. The molecular weight excluding hydrogens is 436 g/mol. The zero-order valence-corrected chi connectivity index (χ0v) is 17.3. The van der Waals surface area contributed by atoms with Gasteiger partial charge in [-0.2, -0.15) is 0 Å². The van der Waals surface area contributed by atoms with Crippen molar-refractivity contribution < 1.29 is 19.1 Å². The summed E-state index contributed by atoms with van der Waals surface area (Å²) in [5.41, 5.74) is 2.64. The summed E-state index contributed by atoms with van der Waals surface area (Å²) in [7, 11) is 0. The third-order valence-electron chi connectivity index (χ3n) is 4.67. The monoisotopic (exact) mass is 454 g/mol. The van der Waals surface area contributed by atoms with Crippen LogP contribution in [0, 0.1) is 6.92 Å². The molecule has 0 radical (unpaired) electrons. The molecule has 6 nitrogen and oxygen atoms in total. The standard InChI is InChI=1S/C22H19BrN2O4/c1-14-19(24-22(29-14)15-2-4-17(23)5-3-15)13-28-18-6-7-20-16(12-18)8-10-25(20)11-9-21(26)27/h2-8,10,12H,9,11,13H2,1H3,(H,26,27). The fraction of sp³-hybridized carbons (Fsp3) is 0.182. The largest absolute Gasteiger partial charge is 0.487 e. The second kappa shape index (κ2) is 8.13. The molecule has 0 bridgehead atoms. The molecule has 1 N–H and O–H groups in total. The maximum Gasteiger partial charge on any atom is 0.305 e. The molecule has 4 rings (SSSR count). The molecule has 2 aromatic heterocycles. The van der Waals surface area contributed by atoms with E-state index in [4.69, 9.17) is 14.3 Å². The van der Waals surface area contributed by atoms with Gasteiger partial charge in [0, 0.05) is 33.7 Å². The Morgan fingerprint density at radius 2 is 2.00 bits per heavy atom. The molecule has 0 spiro atoms. The van der Waals surface area contributed by atoms with Crippen LogP contribution in [0.1, 0.15) is 17.9 Å². The lowest BCUT2D eigenvalue weighted by atomic mass is 10.2. The van der Waals surface area contributed by atoms with Gasteiger partial charge < -0.3 is 18.8 Å². The summed E-state index contributed by atoms with van der Waals surface area (Å²) in [6.07, 6.45) is 1.98. The summed E-state index contributed by atoms with van der Waals surface area (Å²) in [6, 6.07) is 15.5. The topological polar surface area (TPSA) is 77.5 Å². The molecule has 7 heteroatoms. The first-order valence-electron chi connectivity index (χ1n) is 9.15. The Morgan fingerprint density at radius 1 is 1.21 bits per heavy atom. The van der Waals surface area contributed by atoms with E-state index in [0.717, 1.165) is 38.1 Å². The average molecular weight is 455 g/mol. The van der Waals surface area contributed by atoms with E-state index in [1.165, 1.54) is 0 Å². The van der Waals surface area contributed by atoms with Gasteiger partial charge in [-0.1, -0.05) is 15.9 Å². The second-order valence-electron chi connectivity index (χ2n) is 6.69. The Balaban J connectivity index is 1.47. The summed E-state index contributed by atoms with van der Waals surface area (Å²) in [6.45, 7) is 2.62. The van der Waals surface area contributed by atoms with E-state index in [9.17, 15) is 4.79 Å². The van der Waals surface area contributed by atoms with E-state index in [1.54, 1.807) is 0 Å². The number of carbonyl (C=O) groups is 1. The summed E-state index contributed by atoms with van der Waals surface area (Å²) in [5.74, 6) is 1.21. The van der Waals surface area contributed by atoms with Crippen LogP contribution in [0.25, 0.3) is 22.4 Å². The van der Waals surface area contributed by atoms with Crippen molar-refractivity contribution in [1.82, 2.24) is 9.55 Å². The third kappa shape index (κ3) is 4.35. The Morgan fingerprint density at radius 3 is 2.76 bits per heavy atom. The fourth-order valence-electron chi connectivity index (χ4n) is 3.11. The minimum atomic E-state index is -0.808. The Hall–Kier alpha value is -3.06. The molecule has 2 heterocycles. The van der Waals surface area contributed by atoms with Crippen LogP contribution in [-0.2, 0) is 17.9 Å². The highest BCUT2D eigenvalue weighted by Crippen LogP contribution is 2.26. The van der Waals surface area contributed by atoms with Crippen molar-refractivity contribution in [3.63, 3.8) is 0 Å². The van der Waals surface area contributed by atoms with E-state index in [1.807, 2.05) is 66.2 Å². The molecule has 0 aliphatic carbocycles. The number of oxazole rings is 1. The number of carboxylic acid groups (broad SMARTS) is 1. The molecule has 0 saturated carbocycles. The lowest BCUT2D eigenvalue weighted by Crippen LogP contribution is -2.03. The molecule has 148 valence electrons. The number of halogens is 1. The van der Waals surface area contributed by atoms with Crippen molar-refractivity contribution in [3.05, 3.63) is 70.7 Å². The number of benzene rings is 2. The molecular formula is C22H19BrN2O4. The molecule has 2 aromatic carbocycles. The zero-order chi connectivity index (χ0) is 20.4. The van der Waals surface area contributed by atoms with Crippen LogP contribution in [-0.4, -0.2) is 20.6 Å². The molecule has 29 heavy (non-hydrogen) atoms. The van der Waals surface area contributed by atoms with Crippen LogP contribution >= 0.6 is 15.9 Å². The number of hydrogen-bond acceptors (Lipinski definition) is 4. The maximum absolute atomic E-state index is 10.8. The lowest BCUT2D eigenvalue weighted by molar-refractivity contribution is -0.137. The number of carboxylic acids is 1. The third-order valence-corrected chi connectivity index (χ3v) is 5.20. The van der Waals surface area contributed by atoms with E-state index in [-0.39, 0.29) is 6.42 Å². The van der Waals surface area contributed by atoms with Gasteiger partial charge in [0.05, 0.1) is 6.42 Å². The lowest BCUT2D eigenvalue weighted by Gasteiger charge is -2.06. The van der Waals surface area contributed by atoms with Crippen molar-refractivity contribution in [2.24, 2.45) is 0 Å². The van der Waals surface area contributed by atoms with E-state index in [2.05, 4.69) is 20.9 Å². The van der Waals surface area contributed by atoms with E-state index >= 15 is 0 Å². The van der Waals surface area contributed by atoms with Crippen molar-refractivity contribution in [2.45, 2.75) is 26.5 Å². The van der Waals surface area contributed by atoms with Gasteiger partial charge in [-0.3, -0.25) is 4.79 Å². The number of hydrogen-bond donors (Lipinski definition) is 1. The average Bonchev–Trinajstić information content (AvgIpc) is 3.28. The fourth-order valence-corrected chi connectivity index (χ4v) is 3.37. The molecule has 0 fully saturated rings. The van der Waals surface area contributed by atoms with Gasteiger partial charge in [0.2, 0.25) is 5.89 Å². The normalized spacial score (nSPS) is 11.1. The van der Waals surface area contributed by atoms with Gasteiger partial charge in [0.1, 0.15) is 23.8 Å². The SMILES string of the molecule is Cc1oc(-c2ccc(Br)cc2)nc1COc1ccc2c(ccn2CCC(=O)O)c1. The van der Waals surface area contributed by atoms with Crippen LogP contribution < -0.4 is 4.74 Å². The van der Waals surface area contributed by atoms with Crippen molar-refractivity contribution in [2.75, 3.05) is 0 Å². The zero-order valence-electron chi connectivity index (χ0n) is 15.8. The predicted molar refractivity (Wildman–Crippen MR) is 113 cm³/mol. The summed E-state index contributed by atoms with van der Waals surface area (Å²) >= 11 is 3.42.